The second-order valence-corrected chi connectivity index (χ2v) is 4.95. The highest BCUT2D eigenvalue weighted by atomic mass is 19.3. The van der Waals surface area contributed by atoms with Gasteiger partial charge in [0.25, 0.3) is 5.91 Å². The second kappa shape index (κ2) is 5.92. The van der Waals surface area contributed by atoms with Crippen LogP contribution in [0.3, 0.4) is 0 Å². The molecule has 6 nitrogen and oxygen atoms in total. The average Bonchev–Trinajstić information content (AvgIpc) is 2.47. The summed E-state index contributed by atoms with van der Waals surface area (Å²) in [5.74, 6) is -7.37. The van der Waals surface area contributed by atoms with E-state index in [-0.39, 0.29) is 17.7 Å². The number of carboxylic acid groups (broad SMARTS) is 1. The highest BCUT2D eigenvalue weighted by molar-refractivity contribution is 6.47. The van der Waals surface area contributed by atoms with Gasteiger partial charge < -0.3 is 20.1 Å². The number of alkyl halides is 2. The van der Waals surface area contributed by atoms with Crippen molar-refractivity contribution in [1.29, 1.82) is 0 Å². The number of amides is 1. The van der Waals surface area contributed by atoms with E-state index in [0.717, 1.165) is 0 Å². The van der Waals surface area contributed by atoms with Crippen LogP contribution in [0.2, 0.25) is 0 Å². The van der Waals surface area contributed by atoms with Crippen molar-refractivity contribution in [2.45, 2.75) is 31.6 Å². The third kappa shape index (κ3) is 3.04. The molecule has 1 aromatic rings. The third-order valence-electron chi connectivity index (χ3n) is 3.44. The lowest BCUT2D eigenvalue weighted by Gasteiger charge is -2.29. The fourth-order valence-electron chi connectivity index (χ4n) is 2.15. The number of para-hydroxylation sites is 1. The third-order valence-corrected chi connectivity index (χ3v) is 3.44. The standard InChI is InChI=1S/C13H14BF2NO5/c1-2-13(15,16)12(20)17-9-6-7-4-3-5-8(11(18)19)10(7)22-14(9)21/h3-5,9,21H,2,6H2,1H3,(H,17,20)(H,18,19). The van der Waals surface area contributed by atoms with Crippen molar-refractivity contribution >= 4 is 19.0 Å². The van der Waals surface area contributed by atoms with Crippen LogP contribution in [0.5, 0.6) is 5.75 Å². The fourth-order valence-corrected chi connectivity index (χ4v) is 2.15. The Balaban J connectivity index is 2.21. The van der Waals surface area contributed by atoms with E-state index in [4.69, 9.17) is 9.76 Å². The van der Waals surface area contributed by atoms with Crippen LogP contribution in [0, 0.1) is 0 Å². The van der Waals surface area contributed by atoms with Crippen LogP contribution in [0.25, 0.3) is 0 Å². The summed E-state index contributed by atoms with van der Waals surface area (Å²) < 4.78 is 31.7. The zero-order chi connectivity index (χ0) is 16.5. The number of carboxylic acids is 1. The van der Waals surface area contributed by atoms with E-state index >= 15 is 0 Å². The van der Waals surface area contributed by atoms with Gasteiger partial charge in [-0.15, -0.1) is 0 Å². The quantitative estimate of drug-likeness (QED) is 0.717. The summed E-state index contributed by atoms with van der Waals surface area (Å²) in [6, 6.07) is 4.33. The molecular weight excluding hydrogens is 299 g/mol. The van der Waals surface area contributed by atoms with Crippen LogP contribution in [0.4, 0.5) is 8.78 Å². The van der Waals surface area contributed by atoms with Crippen LogP contribution in [-0.4, -0.2) is 41.0 Å². The maximum atomic E-state index is 13.3. The van der Waals surface area contributed by atoms with Crippen LogP contribution in [0.1, 0.15) is 29.3 Å². The minimum atomic E-state index is -3.54. The summed E-state index contributed by atoms with van der Waals surface area (Å²) in [6.45, 7) is 1.17. The molecule has 0 spiro atoms. The molecule has 1 heterocycles. The number of hydrogen-bond acceptors (Lipinski definition) is 4. The predicted octanol–water partition coefficient (Wildman–Crippen LogP) is 0.869. The minimum Gasteiger partial charge on any atom is -0.534 e. The smallest absolute Gasteiger partial charge is 0.534 e. The minimum absolute atomic E-state index is 0.0108. The normalized spacial score (nSPS) is 17.5. The summed E-state index contributed by atoms with van der Waals surface area (Å²) in [5, 5.41) is 20.9. The van der Waals surface area contributed by atoms with Crippen molar-refractivity contribution in [3.05, 3.63) is 29.3 Å². The molecule has 1 aliphatic heterocycles. The van der Waals surface area contributed by atoms with E-state index in [2.05, 4.69) is 0 Å². The monoisotopic (exact) mass is 313 g/mol. The van der Waals surface area contributed by atoms with E-state index in [1.807, 2.05) is 5.32 Å². The van der Waals surface area contributed by atoms with Gasteiger partial charge in [0, 0.05) is 6.42 Å². The van der Waals surface area contributed by atoms with Gasteiger partial charge in [0.1, 0.15) is 5.75 Å². The molecule has 0 saturated carbocycles. The van der Waals surface area contributed by atoms with Gasteiger partial charge in [-0.05, 0) is 18.1 Å². The number of carbonyl (C=O) groups is 2. The lowest BCUT2D eigenvalue weighted by molar-refractivity contribution is -0.146. The fraction of sp³-hybridized carbons (Fsp3) is 0.385. The molecule has 1 atom stereocenters. The molecule has 1 aliphatic rings. The maximum Gasteiger partial charge on any atom is 0.547 e. The summed E-state index contributed by atoms with van der Waals surface area (Å²) in [6.07, 6.45) is -0.675. The number of aromatic carboxylic acids is 1. The Bertz CT molecular complexity index is 610. The molecule has 3 N–H and O–H groups in total. The van der Waals surface area contributed by atoms with Crippen LogP contribution >= 0.6 is 0 Å². The summed E-state index contributed by atoms with van der Waals surface area (Å²) >= 11 is 0. The van der Waals surface area contributed by atoms with Gasteiger partial charge in [0.05, 0.1) is 11.5 Å². The molecule has 0 aliphatic carbocycles. The first-order valence-corrected chi connectivity index (χ1v) is 6.65. The van der Waals surface area contributed by atoms with Crippen molar-refractivity contribution < 1.29 is 33.2 Å². The summed E-state index contributed by atoms with van der Waals surface area (Å²) in [4.78, 5) is 22.6. The van der Waals surface area contributed by atoms with Crippen molar-refractivity contribution in [1.82, 2.24) is 5.32 Å². The van der Waals surface area contributed by atoms with Gasteiger partial charge in [0.2, 0.25) is 0 Å². The Labute approximate surface area is 125 Å². The molecule has 118 valence electrons. The average molecular weight is 313 g/mol. The summed E-state index contributed by atoms with van der Waals surface area (Å²) in [5.41, 5.74) is 0.274. The van der Waals surface area contributed by atoms with E-state index in [0.29, 0.717) is 5.56 Å². The molecule has 0 aromatic heterocycles. The molecule has 2 rings (SSSR count). The zero-order valence-corrected chi connectivity index (χ0v) is 11.7. The topological polar surface area (TPSA) is 95.9 Å². The van der Waals surface area contributed by atoms with Gasteiger partial charge in [-0.1, -0.05) is 19.1 Å². The van der Waals surface area contributed by atoms with Crippen LogP contribution in [-0.2, 0) is 11.2 Å². The Morgan fingerprint density at radius 2 is 2.18 bits per heavy atom. The number of benzene rings is 1. The van der Waals surface area contributed by atoms with Crippen LogP contribution < -0.4 is 9.97 Å². The first kappa shape index (κ1) is 16.2. The molecule has 0 bridgehead atoms. The first-order chi connectivity index (χ1) is 10.3. The number of fused-ring (bicyclic) bond motifs is 1. The van der Waals surface area contributed by atoms with Gasteiger partial charge in [-0.2, -0.15) is 8.78 Å². The Morgan fingerprint density at radius 1 is 1.50 bits per heavy atom. The molecule has 22 heavy (non-hydrogen) atoms. The predicted molar refractivity (Wildman–Crippen MR) is 72.9 cm³/mol. The van der Waals surface area contributed by atoms with E-state index in [1.54, 1.807) is 6.07 Å². The molecule has 0 fully saturated rings. The van der Waals surface area contributed by atoms with Gasteiger partial charge in [-0.3, -0.25) is 4.79 Å². The van der Waals surface area contributed by atoms with E-state index in [9.17, 15) is 23.4 Å². The molecular formula is C13H14BF2NO5. The maximum absolute atomic E-state index is 13.3. The second-order valence-electron chi connectivity index (χ2n) is 4.95. The summed E-state index contributed by atoms with van der Waals surface area (Å²) in [7, 11) is -1.61. The lowest BCUT2D eigenvalue weighted by Crippen LogP contribution is -2.56. The molecule has 1 unspecified atom stereocenters. The van der Waals surface area contributed by atoms with Gasteiger partial charge in [0.15, 0.2) is 0 Å². The first-order valence-electron chi connectivity index (χ1n) is 6.65. The van der Waals surface area contributed by atoms with E-state index in [1.165, 1.54) is 19.1 Å². The van der Waals surface area contributed by atoms with Gasteiger partial charge in [-0.25, -0.2) is 4.79 Å². The number of carbonyl (C=O) groups excluding carboxylic acids is 1. The van der Waals surface area contributed by atoms with Gasteiger partial charge >= 0.3 is 19.0 Å². The molecule has 1 amide bonds. The Kier molecular flexibility index (Phi) is 4.36. The Morgan fingerprint density at radius 3 is 2.77 bits per heavy atom. The van der Waals surface area contributed by atoms with E-state index < -0.39 is 37.3 Å². The lowest BCUT2D eigenvalue weighted by atomic mass is 9.72. The molecule has 9 heteroatoms. The number of nitrogens with one attached hydrogen (secondary N) is 1. The van der Waals surface area contributed by atoms with Crippen molar-refractivity contribution in [3.8, 4) is 5.75 Å². The molecule has 1 aromatic carbocycles. The SMILES string of the molecule is CCC(F)(F)C(=O)NC1Cc2cccc(C(=O)O)c2OB1O. The van der Waals surface area contributed by atoms with Crippen molar-refractivity contribution in [2.24, 2.45) is 0 Å². The van der Waals surface area contributed by atoms with Crippen molar-refractivity contribution in [2.75, 3.05) is 0 Å². The molecule has 0 saturated heterocycles. The molecule has 0 radical (unpaired) electrons. The van der Waals surface area contributed by atoms with Crippen LogP contribution in [0.15, 0.2) is 18.2 Å². The largest absolute Gasteiger partial charge is 0.547 e. The highest BCUT2D eigenvalue weighted by Gasteiger charge is 2.43. The number of hydrogen-bond donors (Lipinski definition) is 3. The van der Waals surface area contributed by atoms with Crippen molar-refractivity contribution in [3.63, 3.8) is 0 Å². The zero-order valence-electron chi connectivity index (χ0n) is 11.7. The Hall–Kier alpha value is -2.16. The number of halogens is 2. The highest BCUT2D eigenvalue weighted by Crippen LogP contribution is 2.30. The number of rotatable bonds is 4.